The third-order valence-corrected chi connectivity index (χ3v) is 4.86. The van der Waals surface area contributed by atoms with Gasteiger partial charge in [0.05, 0.1) is 0 Å². The fourth-order valence-electron chi connectivity index (χ4n) is 3.25. The first-order chi connectivity index (χ1) is 13.0. The molecule has 1 aliphatic rings. The summed E-state index contributed by atoms with van der Waals surface area (Å²) in [4.78, 5) is 38.1. The standard InChI is InChI=1S/C19H25N5O3/c1-20-18(26)15-9-7-14(8-10-15)12-22(2)17(25)13-24-19(27)23-11-5-3-4-6-16(23)21-24/h7-10H,3-6,11-13H2,1-2H3,(H,20,26). The van der Waals surface area contributed by atoms with E-state index in [1.54, 1.807) is 35.7 Å². The summed E-state index contributed by atoms with van der Waals surface area (Å²) in [7, 11) is 3.28. The van der Waals surface area contributed by atoms with Gasteiger partial charge in [0.25, 0.3) is 5.91 Å². The highest BCUT2D eigenvalue weighted by molar-refractivity contribution is 5.93. The lowest BCUT2D eigenvalue weighted by molar-refractivity contribution is -0.131. The molecule has 0 saturated carbocycles. The lowest BCUT2D eigenvalue weighted by Crippen LogP contribution is -2.34. The Bertz CT molecular complexity index is 882. The smallest absolute Gasteiger partial charge is 0.346 e. The Hall–Kier alpha value is -2.90. The number of rotatable bonds is 5. The van der Waals surface area contributed by atoms with Crippen molar-refractivity contribution in [3.05, 3.63) is 51.7 Å². The van der Waals surface area contributed by atoms with Crippen molar-refractivity contribution >= 4 is 11.8 Å². The van der Waals surface area contributed by atoms with E-state index in [1.165, 1.54) is 4.68 Å². The van der Waals surface area contributed by atoms with E-state index in [1.807, 2.05) is 12.1 Å². The van der Waals surface area contributed by atoms with Gasteiger partial charge in [0.1, 0.15) is 12.4 Å². The Morgan fingerprint density at radius 3 is 2.63 bits per heavy atom. The molecule has 2 amide bonds. The third-order valence-electron chi connectivity index (χ3n) is 4.86. The van der Waals surface area contributed by atoms with Crippen LogP contribution in [0.15, 0.2) is 29.1 Å². The number of hydrogen-bond acceptors (Lipinski definition) is 4. The third kappa shape index (κ3) is 4.27. The number of likely N-dealkylation sites (N-methyl/N-ethyl adjacent to an activating group) is 1. The average molecular weight is 371 g/mol. The summed E-state index contributed by atoms with van der Waals surface area (Å²) in [6, 6.07) is 7.09. The topological polar surface area (TPSA) is 89.2 Å². The lowest BCUT2D eigenvalue weighted by atomic mass is 10.1. The van der Waals surface area contributed by atoms with Gasteiger partial charge in [-0.2, -0.15) is 5.10 Å². The number of carbonyl (C=O) groups is 2. The van der Waals surface area contributed by atoms with E-state index >= 15 is 0 Å². The number of nitrogens with zero attached hydrogens (tertiary/aromatic N) is 4. The average Bonchev–Trinajstić information content (AvgIpc) is 2.84. The molecule has 0 spiro atoms. The van der Waals surface area contributed by atoms with Gasteiger partial charge >= 0.3 is 5.69 Å². The Morgan fingerprint density at radius 1 is 1.19 bits per heavy atom. The minimum Gasteiger partial charge on any atom is -0.355 e. The van der Waals surface area contributed by atoms with Gasteiger partial charge in [0, 0.05) is 39.2 Å². The van der Waals surface area contributed by atoms with Gasteiger partial charge in [0.2, 0.25) is 5.91 Å². The SMILES string of the molecule is CNC(=O)c1ccc(CN(C)C(=O)Cn2nc3n(c2=O)CCCCC3)cc1. The van der Waals surface area contributed by atoms with Gasteiger partial charge in [-0.3, -0.25) is 14.2 Å². The summed E-state index contributed by atoms with van der Waals surface area (Å²) in [5, 5.41) is 6.93. The Kier molecular flexibility index (Phi) is 5.73. The van der Waals surface area contributed by atoms with E-state index in [0.717, 1.165) is 37.1 Å². The Labute approximate surface area is 157 Å². The van der Waals surface area contributed by atoms with Crippen molar-refractivity contribution in [1.82, 2.24) is 24.6 Å². The second kappa shape index (κ2) is 8.20. The molecule has 0 unspecified atom stereocenters. The van der Waals surface area contributed by atoms with Crippen molar-refractivity contribution in [2.24, 2.45) is 0 Å². The second-order valence-electron chi connectivity index (χ2n) is 6.84. The molecule has 3 rings (SSSR count). The quantitative estimate of drug-likeness (QED) is 0.842. The molecule has 2 heterocycles. The van der Waals surface area contributed by atoms with Crippen LogP contribution in [0.25, 0.3) is 0 Å². The first kappa shape index (κ1) is 18.9. The zero-order valence-electron chi connectivity index (χ0n) is 15.8. The number of benzene rings is 1. The molecule has 0 bridgehead atoms. The molecule has 0 atom stereocenters. The molecule has 1 aromatic heterocycles. The summed E-state index contributed by atoms with van der Waals surface area (Å²) >= 11 is 0. The number of hydrogen-bond donors (Lipinski definition) is 1. The van der Waals surface area contributed by atoms with E-state index in [4.69, 9.17) is 0 Å². The van der Waals surface area contributed by atoms with E-state index in [9.17, 15) is 14.4 Å². The van der Waals surface area contributed by atoms with Crippen LogP contribution in [0.1, 0.15) is 41.0 Å². The second-order valence-corrected chi connectivity index (χ2v) is 6.84. The largest absolute Gasteiger partial charge is 0.355 e. The fourth-order valence-corrected chi connectivity index (χ4v) is 3.25. The first-order valence-corrected chi connectivity index (χ1v) is 9.21. The number of aromatic nitrogens is 3. The molecule has 0 fully saturated rings. The number of aryl methyl sites for hydroxylation is 1. The van der Waals surface area contributed by atoms with Crippen molar-refractivity contribution < 1.29 is 9.59 Å². The van der Waals surface area contributed by atoms with Crippen LogP contribution in [0.5, 0.6) is 0 Å². The van der Waals surface area contributed by atoms with Crippen LogP contribution < -0.4 is 11.0 Å². The molecule has 0 radical (unpaired) electrons. The van der Waals surface area contributed by atoms with E-state index in [0.29, 0.717) is 18.7 Å². The van der Waals surface area contributed by atoms with Crippen molar-refractivity contribution in [2.45, 2.75) is 45.3 Å². The highest BCUT2D eigenvalue weighted by Gasteiger charge is 2.19. The van der Waals surface area contributed by atoms with Gasteiger partial charge in [-0.1, -0.05) is 18.6 Å². The summed E-state index contributed by atoms with van der Waals surface area (Å²) in [6.45, 7) is 1.01. The molecule has 1 aliphatic heterocycles. The first-order valence-electron chi connectivity index (χ1n) is 9.21. The fraction of sp³-hybridized carbons (Fsp3) is 0.474. The van der Waals surface area contributed by atoms with Gasteiger partial charge in [-0.25, -0.2) is 9.48 Å². The predicted molar refractivity (Wildman–Crippen MR) is 100 cm³/mol. The van der Waals surface area contributed by atoms with Gasteiger partial charge in [-0.15, -0.1) is 0 Å². The number of carbonyl (C=O) groups excluding carboxylic acids is 2. The van der Waals surface area contributed by atoms with Crippen LogP contribution in [0.3, 0.4) is 0 Å². The number of nitrogens with one attached hydrogen (secondary N) is 1. The van der Waals surface area contributed by atoms with Crippen LogP contribution in [0, 0.1) is 0 Å². The van der Waals surface area contributed by atoms with Gasteiger partial charge in [-0.05, 0) is 30.5 Å². The molecule has 2 aromatic rings. The van der Waals surface area contributed by atoms with E-state index < -0.39 is 0 Å². The van der Waals surface area contributed by atoms with Crippen LogP contribution >= 0.6 is 0 Å². The highest BCUT2D eigenvalue weighted by atomic mass is 16.2. The molecule has 27 heavy (non-hydrogen) atoms. The predicted octanol–water partition coefficient (Wildman–Crippen LogP) is 0.789. The normalized spacial score (nSPS) is 13.6. The van der Waals surface area contributed by atoms with Crippen molar-refractivity contribution in [2.75, 3.05) is 14.1 Å². The molecule has 8 nitrogen and oxygen atoms in total. The Morgan fingerprint density at radius 2 is 1.93 bits per heavy atom. The minimum absolute atomic E-state index is 0.0638. The summed E-state index contributed by atoms with van der Waals surface area (Å²) in [5.41, 5.74) is 1.27. The monoisotopic (exact) mass is 371 g/mol. The zero-order valence-corrected chi connectivity index (χ0v) is 15.8. The molecule has 8 heteroatoms. The summed E-state index contributed by atoms with van der Waals surface area (Å²) < 4.78 is 2.96. The van der Waals surface area contributed by atoms with Crippen molar-refractivity contribution in [3.8, 4) is 0 Å². The molecular weight excluding hydrogens is 346 g/mol. The minimum atomic E-state index is -0.205. The molecule has 1 N–H and O–H groups in total. The molecule has 144 valence electrons. The number of fused-ring (bicyclic) bond motifs is 1. The Balaban J connectivity index is 1.64. The molecule has 0 aliphatic carbocycles. The zero-order chi connectivity index (χ0) is 19.4. The van der Waals surface area contributed by atoms with Gasteiger partial charge < -0.3 is 10.2 Å². The van der Waals surface area contributed by atoms with E-state index in [2.05, 4.69) is 10.4 Å². The lowest BCUT2D eigenvalue weighted by Gasteiger charge is -2.17. The van der Waals surface area contributed by atoms with Crippen LogP contribution in [-0.2, 0) is 30.8 Å². The maximum Gasteiger partial charge on any atom is 0.346 e. The summed E-state index contributed by atoms with van der Waals surface area (Å²) in [6.07, 6.45) is 3.88. The van der Waals surface area contributed by atoms with Crippen LogP contribution in [-0.4, -0.2) is 45.2 Å². The van der Waals surface area contributed by atoms with Crippen molar-refractivity contribution in [3.63, 3.8) is 0 Å². The van der Waals surface area contributed by atoms with E-state index in [-0.39, 0.29) is 24.0 Å². The highest BCUT2D eigenvalue weighted by Crippen LogP contribution is 2.11. The number of amides is 2. The van der Waals surface area contributed by atoms with Gasteiger partial charge in [0.15, 0.2) is 0 Å². The maximum absolute atomic E-state index is 12.5. The van der Waals surface area contributed by atoms with Crippen LogP contribution in [0.2, 0.25) is 0 Å². The molecule has 1 aromatic carbocycles. The summed E-state index contributed by atoms with van der Waals surface area (Å²) in [5.74, 6) is 0.448. The molecular formula is C19H25N5O3. The molecule has 0 saturated heterocycles. The maximum atomic E-state index is 12.5. The van der Waals surface area contributed by atoms with Crippen LogP contribution in [0.4, 0.5) is 0 Å². The van der Waals surface area contributed by atoms with Crippen molar-refractivity contribution in [1.29, 1.82) is 0 Å².